The summed E-state index contributed by atoms with van der Waals surface area (Å²) >= 11 is 1.15. The van der Waals surface area contributed by atoms with Gasteiger partial charge < -0.3 is 15.1 Å². The van der Waals surface area contributed by atoms with Crippen LogP contribution in [0.5, 0.6) is 0 Å². The number of carbonyl (C=O) groups excluding carboxylic acids is 1. The van der Waals surface area contributed by atoms with E-state index in [4.69, 9.17) is 0 Å². The number of carbonyl (C=O) groups is 1. The van der Waals surface area contributed by atoms with E-state index in [0.717, 1.165) is 20.9 Å². The number of aromatic nitrogens is 1. The van der Waals surface area contributed by atoms with E-state index >= 15 is 0 Å². The van der Waals surface area contributed by atoms with Crippen LogP contribution in [0.15, 0.2) is 24.3 Å². The van der Waals surface area contributed by atoms with Gasteiger partial charge in [-0.05, 0) is 26.0 Å². The smallest absolute Gasteiger partial charge is 0.255 e. The highest BCUT2D eigenvalue weighted by Gasteiger charge is 2.33. The van der Waals surface area contributed by atoms with E-state index in [1.165, 1.54) is 0 Å². The summed E-state index contributed by atoms with van der Waals surface area (Å²) in [4.78, 5) is 17.2. The minimum Gasteiger partial charge on any atom is -0.383 e. The first-order valence-electron chi connectivity index (χ1n) is 7.11. The van der Waals surface area contributed by atoms with Crippen molar-refractivity contribution < 1.29 is 23.8 Å². The average Bonchev–Trinajstić information content (AvgIpc) is 2.94. The van der Waals surface area contributed by atoms with Crippen LogP contribution in [0.3, 0.4) is 0 Å². The van der Waals surface area contributed by atoms with Crippen LogP contribution in [0.4, 0.5) is 8.78 Å². The minimum absolute atomic E-state index is 0.174. The molecule has 8 heteroatoms. The van der Waals surface area contributed by atoms with Gasteiger partial charge in [-0.3, -0.25) is 4.79 Å². The number of hydrogen-bond donors (Lipinski definition) is 2. The molecule has 0 spiro atoms. The van der Waals surface area contributed by atoms with Crippen LogP contribution in [0.2, 0.25) is 0 Å². The number of halogens is 2. The molecule has 23 heavy (non-hydrogen) atoms. The Bertz CT molecular complexity index is 645. The summed E-state index contributed by atoms with van der Waals surface area (Å²) in [5, 5.41) is 20.4. The Kier molecular flexibility index (Phi) is 5.61. The van der Waals surface area contributed by atoms with Gasteiger partial charge in [-0.1, -0.05) is 12.1 Å². The normalized spacial score (nSPS) is 14.4. The second-order valence-electron chi connectivity index (χ2n) is 5.38. The number of amides is 1. The predicted molar refractivity (Wildman–Crippen MR) is 83.4 cm³/mol. The molecule has 126 valence electrons. The standard InChI is InChI=1S/C15H18F2N2O3S/c1-8(2)19(7-11(16)17)15(22)13(21)12(20)14-18-9-5-3-4-6-10(9)23-14/h3-6,8,11-13,20-21H,7H2,1-2H3. The minimum atomic E-state index is -2.71. The van der Waals surface area contributed by atoms with E-state index in [0.29, 0.717) is 5.52 Å². The highest BCUT2D eigenvalue weighted by atomic mass is 32.1. The van der Waals surface area contributed by atoms with Gasteiger partial charge in [-0.25, -0.2) is 13.8 Å². The van der Waals surface area contributed by atoms with Crippen LogP contribution in [0.25, 0.3) is 10.2 Å². The van der Waals surface area contributed by atoms with Crippen molar-refractivity contribution in [1.29, 1.82) is 0 Å². The second kappa shape index (κ2) is 7.29. The van der Waals surface area contributed by atoms with Crippen LogP contribution in [0, 0.1) is 0 Å². The lowest BCUT2D eigenvalue weighted by Crippen LogP contribution is -2.47. The molecule has 0 aliphatic heterocycles. The molecule has 0 saturated heterocycles. The number of rotatable bonds is 6. The van der Waals surface area contributed by atoms with E-state index in [1.807, 2.05) is 0 Å². The summed E-state index contributed by atoms with van der Waals surface area (Å²) < 4.78 is 26.0. The molecule has 1 aromatic heterocycles. The Morgan fingerprint density at radius 1 is 1.30 bits per heavy atom. The number of aliphatic hydroxyl groups is 2. The number of para-hydroxylation sites is 1. The Morgan fingerprint density at radius 3 is 2.52 bits per heavy atom. The molecule has 0 bridgehead atoms. The molecule has 0 fully saturated rings. The highest BCUT2D eigenvalue weighted by Crippen LogP contribution is 2.28. The Morgan fingerprint density at radius 2 is 1.96 bits per heavy atom. The molecule has 0 aliphatic carbocycles. The van der Waals surface area contributed by atoms with Gasteiger partial charge in [-0.2, -0.15) is 0 Å². The van der Waals surface area contributed by atoms with E-state index in [2.05, 4.69) is 4.98 Å². The van der Waals surface area contributed by atoms with Crippen molar-refractivity contribution in [3.05, 3.63) is 29.3 Å². The van der Waals surface area contributed by atoms with E-state index in [-0.39, 0.29) is 5.01 Å². The van der Waals surface area contributed by atoms with Crippen LogP contribution < -0.4 is 0 Å². The first-order chi connectivity index (χ1) is 10.8. The lowest BCUT2D eigenvalue weighted by molar-refractivity contribution is -0.150. The Hall–Kier alpha value is -1.64. The first-order valence-corrected chi connectivity index (χ1v) is 7.93. The maximum absolute atomic E-state index is 12.6. The van der Waals surface area contributed by atoms with Crippen molar-refractivity contribution in [2.24, 2.45) is 0 Å². The molecule has 0 saturated carbocycles. The number of aliphatic hydroxyl groups excluding tert-OH is 2. The van der Waals surface area contributed by atoms with Crippen LogP contribution >= 0.6 is 11.3 Å². The summed E-state index contributed by atoms with van der Waals surface area (Å²) in [6.07, 6.45) is -6.11. The number of alkyl halides is 2. The molecular formula is C15H18F2N2O3S. The fourth-order valence-electron chi connectivity index (χ4n) is 2.16. The van der Waals surface area contributed by atoms with Gasteiger partial charge in [0.15, 0.2) is 6.10 Å². The fraction of sp³-hybridized carbons (Fsp3) is 0.467. The summed E-state index contributed by atoms with van der Waals surface area (Å²) in [6.45, 7) is 2.34. The predicted octanol–water partition coefficient (Wildman–Crippen LogP) is 2.19. The molecule has 2 rings (SSSR count). The molecule has 1 aromatic carbocycles. The number of hydrogen-bond acceptors (Lipinski definition) is 5. The number of fused-ring (bicyclic) bond motifs is 1. The maximum atomic E-state index is 12.6. The van der Waals surface area contributed by atoms with Crippen LogP contribution in [-0.2, 0) is 4.79 Å². The SMILES string of the molecule is CC(C)N(CC(F)F)C(=O)C(O)C(O)c1nc2ccccc2s1. The summed E-state index contributed by atoms with van der Waals surface area (Å²) in [5.74, 6) is -0.938. The van der Waals surface area contributed by atoms with Crippen molar-refractivity contribution in [1.82, 2.24) is 9.88 Å². The third kappa shape index (κ3) is 4.01. The van der Waals surface area contributed by atoms with E-state index in [9.17, 15) is 23.8 Å². The van der Waals surface area contributed by atoms with E-state index < -0.39 is 37.1 Å². The maximum Gasteiger partial charge on any atom is 0.255 e. The zero-order chi connectivity index (χ0) is 17.1. The largest absolute Gasteiger partial charge is 0.383 e. The summed E-state index contributed by atoms with van der Waals surface area (Å²) in [7, 11) is 0. The van der Waals surface area contributed by atoms with Gasteiger partial charge in [0.2, 0.25) is 0 Å². The molecule has 2 atom stereocenters. The second-order valence-corrected chi connectivity index (χ2v) is 6.45. The van der Waals surface area contributed by atoms with Crippen molar-refractivity contribution in [2.75, 3.05) is 6.54 Å². The van der Waals surface area contributed by atoms with Crippen molar-refractivity contribution in [2.45, 2.75) is 38.5 Å². The summed E-state index contributed by atoms with van der Waals surface area (Å²) in [5.41, 5.74) is 0.638. The van der Waals surface area contributed by atoms with Gasteiger partial charge in [0.05, 0.1) is 16.8 Å². The third-order valence-corrected chi connectivity index (χ3v) is 4.46. The number of thiazole rings is 1. The molecule has 2 aromatic rings. The topological polar surface area (TPSA) is 73.7 Å². The average molecular weight is 344 g/mol. The lowest BCUT2D eigenvalue weighted by atomic mass is 10.1. The number of nitrogens with zero attached hydrogens (tertiary/aromatic N) is 2. The lowest BCUT2D eigenvalue weighted by Gasteiger charge is -2.29. The molecule has 0 aliphatic rings. The highest BCUT2D eigenvalue weighted by molar-refractivity contribution is 7.18. The molecule has 1 amide bonds. The van der Waals surface area contributed by atoms with Crippen molar-refractivity contribution in [3.63, 3.8) is 0 Å². The molecular weight excluding hydrogens is 326 g/mol. The molecule has 2 N–H and O–H groups in total. The molecule has 0 radical (unpaired) electrons. The Balaban J connectivity index is 2.19. The fourth-order valence-corrected chi connectivity index (χ4v) is 3.14. The molecule has 1 heterocycles. The molecule has 2 unspecified atom stereocenters. The van der Waals surface area contributed by atoms with Gasteiger partial charge in [0, 0.05) is 6.04 Å². The monoisotopic (exact) mass is 344 g/mol. The van der Waals surface area contributed by atoms with Crippen LogP contribution in [-0.4, -0.2) is 51.1 Å². The first kappa shape index (κ1) is 17.7. The van der Waals surface area contributed by atoms with E-state index in [1.54, 1.807) is 38.1 Å². The summed E-state index contributed by atoms with van der Waals surface area (Å²) in [6, 6.07) is 6.61. The van der Waals surface area contributed by atoms with Gasteiger partial charge in [-0.15, -0.1) is 11.3 Å². The Labute approximate surface area is 136 Å². The van der Waals surface area contributed by atoms with Crippen LogP contribution in [0.1, 0.15) is 25.0 Å². The van der Waals surface area contributed by atoms with Crippen molar-refractivity contribution >= 4 is 27.5 Å². The zero-order valence-corrected chi connectivity index (χ0v) is 13.5. The third-order valence-electron chi connectivity index (χ3n) is 3.36. The zero-order valence-electron chi connectivity index (χ0n) is 12.7. The van der Waals surface area contributed by atoms with Gasteiger partial charge in [0.1, 0.15) is 11.1 Å². The quantitative estimate of drug-likeness (QED) is 0.842. The van der Waals surface area contributed by atoms with Gasteiger partial charge in [0.25, 0.3) is 12.3 Å². The van der Waals surface area contributed by atoms with Gasteiger partial charge >= 0.3 is 0 Å². The van der Waals surface area contributed by atoms with Crippen molar-refractivity contribution in [3.8, 4) is 0 Å². The number of benzene rings is 1. The molecule has 5 nitrogen and oxygen atoms in total.